The summed E-state index contributed by atoms with van der Waals surface area (Å²) < 4.78 is 11.0. The molecule has 0 saturated carbocycles. The molecule has 2 heterocycles. The van der Waals surface area contributed by atoms with Crippen LogP contribution >= 0.6 is 0 Å². The van der Waals surface area contributed by atoms with Gasteiger partial charge in [0.25, 0.3) is 0 Å². The van der Waals surface area contributed by atoms with E-state index in [2.05, 4.69) is 20.5 Å². The van der Waals surface area contributed by atoms with Crippen LogP contribution in [-0.2, 0) is 9.59 Å². The predicted molar refractivity (Wildman–Crippen MR) is 115 cm³/mol. The Bertz CT molecular complexity index is 1100. The van der Waals surface area contributed by atoms with Gasteiger partial charge in [-0.2, -0.15) is 4.98 Å². The summed E-state index contributed by atoms with van der Waals surface area (Å²) in [6.07, 6.45) is 0.107. The molecule has 9 heteroatoms. The molecule has 1 fully saturated rings. The number of benzene rings is 2. The SMILES string of the molecule is CCOc1ccccc1N1C[C@H](C(=O)Nc2n[nH]c(-c3ccccc3OC)n2)CC1=O. The van der Waals surface area contributed by atoms with Crippen molar-refractivity contribution >= 4 is 23.5 Å². The van der Waals surface area contributed by atoms with Crippen LogP contribution in [0.2, 0.25) is 0 Å². The lowest BCUT2D eigenvalue weighted by Crippen LogP contribution is -2.28. The molecule has 0 aliphatic carbocycles. The van der Waals surface area contributed by atoms with Crippen LogP contribution < -0.4 is 19.7 Å². The van der Waals surface area contributed by atoms with Crippen molar-refractivity contribution in [2.45, 2.75) is 13.3 Å². The van der Waals surface area contributed by atoms with Crippen LogP contribution in [0.3, 0.4) is 0 Å². The Hall–Kier alpha value is -3.88. The summed E-state index contributed by atoms with van der Waals surface area (Å²) in [5, 5.41) is 9.58. The average Bonchev–Trinajstić information content (AvgIpc) is 3.41. The third-order valence-corrected chi connectivity index (χ3v) is 5.03. The van der Waals surface area contributed by atoms with Gasteiger partial charge in [0.2, 0.25) is 17.8 Å². The number of anilines is 2. The third-order valence-electron chi connectivity index (χ3n) is 5.03. The smallest absolute Gasteiger partial charge is 0.249 e. The zero-order chi connectivity index (χ0) is 21.8. The number of nitrogens with zero attached hydrogens (tertiary/aromatic N) is 3. The summed E-state index contributed by atoms with van der Waals surface area (Å²) >= 11 is 0. The van der Waals surface area contributed by atoms with Gasteiger partial charge in [0.05, 0.1) is 30.9 Å². The minimum atomic E-state index is -0.518. The first-order valence-corrected chi connectivity index (χ1v) is 9.99. The van der Waals surface area contributed by atoms with Crippen LogP contribution in [0.5, 0.6) is 11.5 Å². The molecule has 4 rings (SSSR count). The Morgan fingerprint density at radius 1 is 1.19 bits per heavy atom. The maximum atomic E-state index is 12.8. The van der Waals surface area contributed by atoms with E-state index in [9.17, 15) is 9.59 Å². The number of hydrogen-bond donors (Lipinski definition) is 2. The minimum Gasteiger partial charge on any atom is -0.496 e. The Balaban J connectivity index is 1.46. The Morgan fingerprint density at radius 3 is 2.71 bits per heavy atom. The van der Waals surface area contributed by atoms with Gasteiger partial charge in [-0.3, -0.25) is 20.0 Å². The highest BCUT2D eigenvalue weighted by atomic mass is 16.5. The number of carbonyl (C=O) groups is 2. The molecule has 2 N–H and O–H groups in total. The molecule has 2 amide bonds. The number of aromatic nitrogens is 3. The Labute approximate surface area is 179 Å². The molecule has 31 heavy (non-hydrogen) atoms. The predicted octanol–water partition coefficient (Wildman–Crippen LogP) is 2.87. The van der Waals surface area contributed by atoms with Crippen LogP contribution in [0, 0.1) is 5.92 Å². The first kappa shape index (κ1) is 20.4. The van der Waals surface area contributed by atoms with E-state index in [0.29, 0.717) is 29.6 Å². The van der Waals surface area contributed by atoms with Crippen molar-refractivity contribution in [3.8, 4) is 22.9 Å². The Kier molecular flexibility index (Phi) is 5.83. The standard InChI is InChI=1S/C22H23N5O4/c1-3-31-18-11-7-5-9-16(18)27-13-14(12-19(27)28)21(29)24-22-23-20(25-26-22)15-8-4-6-10-17(15)30-2/h4-11,14H,3,12-13H2,1-2H3,(H2,23,24,25,26,29)/t14-/m1/s1. The lowest BCUT2D eigenvalue weighted by molar-refractivity contribution is -0.122. The molecule has 2 aromatic carbocycles. The zero-order valence-electron chi connectivity index (χ0n) is 17.3. The van der Waals surface area contributed by atoms with Gasteiger partial charge in [0, 0.05) is 13.0 Å². The number of para-hydroxylation sites is 3. The van der Waals surface area contributed by atoms with Gasteiger partial charge in [-0.25, -0.2) is 0 Å². The summed E-state index contributed by atoms with van der Waals surface area (Å²) in [5.74, 6) is 0.924. The number of ether oxygens (including phenoxy) is 2. The highest BCUT2D eigenvalue weighted by Gasteiger charge is 2.36. The first-order chi connectivity index (χ1) is 15.1. The summed E-state index contributed by atoms with van der Waals surface area (Å²) in [5.41, 5.74) is 1.40. The number of H-pyrrole nitrogens is 1. The molecule has 1 saturated heterocycles. The van der Waals surface area contributed by atoms with Crippen molar-refractivity contribution in [3.05, 3.63) is 48.5 Å². The number of nitrogens with one attached hydrogen (secondary N) is 2. The summed E-state index contributed by atoms with van der Waals surface area (Å²) in [6, 6.07) is 14.7. The van der Waals surface area contributed by atoms with Gasteiger partial charge in [-0.05, 0) is 31.2 Å². The number of hydrogen-bond acceptors (Lipinski definition) is 6. The highest BCUT2D eigenvalue weighted by molar-refractivity contribution is 6.03. The third kappa shape index (κ3) is 4.20. The molecule has 3 aromatic rings. The van der Waals surface area contributed by atoms with Crippen molar-refractivity contribution in [2.24, 2.45) is 5.92 Å². The van der Waals surface area contributed by atoms with E-state index >= 15 is 0 Å². The molecular formula is C22H23N5O4. The van der Waals surface area contributed by atoms with Crippen LogP contribution in [0.4, 0.5) is 11.6 Å². The second kappa shape index (κ2) is 8.86. The molecule has 0 unspecified atom stereocenters. The van der Waals surface area contributed by atoms with Crippen molar-refractivity contribution in [3.63, 3.8) is 0 Å². The summed E-state index contributed by atoms with van der Waals surface area (Å²) in [6.45, 7) is 2.63. The van der Waals surface area contributed by atoms with Crippen LogP contribution in [0.15, 0.2) is 48.5 Å². The van der Waals surface area contributed by atoms with E-state index in [1.807, 2.05) is 55.5 Å². The van der Waals surface area contributed by atoms with Crippen molar-refractivity contribution < 1.29 is 19.1 Å². The fraction of sp³-hybridized carbons (Fsp3) is 0.273. The van der Waals surface area contributed by atoms with Gasteiger partial charge in [-0.1, -0.05) is 24.3 Å². The molecule has 1 aliphatic rings. The quantitative estimate of drug-likeness (QED) is 0.607. The lowest BCUT2D eigenvalue weighted by atomic mass is 10.1. The van der Waals surface area contributed by atoms with E-state index < -0.39 is 5.92 Å². The monoisotopic (exact) mass is 421 g/mol. The molecule has 0 spiro atoms. The summed E-state index contributed by atoms with van der Waals surface area (Å²) in [7, 11) is 1.57. The van der Waals surface area contributed by atoms with Crippen molar-refractivity contribution in [1.82, 2.24) is 15.2 Å². The van der Waals surface area contributed by atoms with Gasteiger partial charge >= 0.3 is 0 Å². The van der Waals surface area contributed by atoms with Crippen LogP contribution in [0.25, 0.3) is 11.4 Å². The highest BCUT2D eigenvalue weighted by Crippen LogP contribution is 2.33. The van der Waals surface area contributed by atoms with Gasteiger partial charge < -0.3 is 14.4 Å². The van der Waals surface area contributed by atoms with E-state index in [-0.39, 0.29) is 30.7 Å². The molecule has 1 aromatic heterocycles. The largest absolute Gasteiger partial charge is 0.496 e. The Morgan fingerprint density at radius 2 is 1.94 bits per heavy atom. The zero-order valence-corrected chi connectivity index (χ0v) is 17.3. The second-order valence-electron chi connectivity index (χ2n) is 7.00. The van der Waals surface area contributed by atoms with Crippen molar-refractivity contribution in [1.29, 1.82) is 0 Å². The van der Waals surface area contributed by atoms with E-state index in [0.717, 1.165) is 5.56 Å². The maximum absolute atomic E-state index is 12.8. The molecule has 0 bridgehead atoms. The van der Waals surface area contributed by atoms with Crippen molar-refractivity contribution in [2.75, 3.05) is 30.5 Å². The van der Waals surface area contributed by atoms with E-state index in [1.165, 1.54) is 0 Å². The summed E-state index contributed by atoms with van der Waals surface area (Å²) in [4.78, 5) is 31.3. The number of amides is 2. The fourth-order valence-electron chi connectivity index (χ4n) is 3.56. The minimum absolute atomic E-state index is 0.107. The van der Waals surface area contributed by atoms with Crippen LogP contribution in [-0.4, -0.2) is 47.3 Å². The van der Waals surface area contributed by atoms with E-state index in [4.69, 9.17) is 9.47 Å². The molecule has 0 radical (unpaired) electrons. The van der Waals surface area contributed by atoms with Crippen LogP contribution in [0.1, 0.15) is 13.3 Å². The number of aromatic amines is 1. The molecule has 160 valence electrons. The van der Waals surface area contributed by atoms with Gasteiger partial charge in [0.1, 0.15) is 11.5 Å². The number of methoxy groups -OCH3 is 1. The molecule has 1 aliphatic heterocycles. The maximum Gasteiger partial charge on any atom is 0.249 e. The van der Waals surface area contributed by atoms with Gasteiger partial charge in [0.15, 0.2) is 5.82 Å². The molecule has 1 atom stereocenters. The average molecular weight is 421 g/mol. The lowest BCUT2D eigenvalue weighted by Gasteiger charge is -2.19. The fourth-order valence-corrected chi connectivity index (χ4v) is 3.56. The van der Waals surface area contributed by atoms with Gasteiger partial charge in [-0.15, -0.1) is 5.10 Å². The second-order valence-corrected chi connectivity index (χ2v) is 7.00. The number of rotatable bonds is 7. The topological polar surface area (TPSA) is 109 Å². The molecular weight excluding hydrogens is 398 g/mol. The normalized spacial score (nSPS) is 15.7. The molecule has 9 nitrogen and oxygen atoms in total. The first-order valence-electron chi connectivity index (χ1n) is 9.99. The van der Waals surface area contributed by atoms with E-state index in [1.54, 1.807) is 12.0 Å². The number of carbonyl (C=O) groups excluding carboxylic acids is 2.